The molecule has 150 valence electrons. The molecule has 0 N–H and O–H groups in total. The van der Waals surface area contributed by atoms with Crippen LogP contribution in [0.1, 0.15) is 46.6 Å². The fraction of sp³-hybridized carbons (Fsp3) is 0.591. The minimum atomic E-state index is -0.518. The largest absolute Gasteiger partial charge is 0.492 e. The topological polar surface area (TPSA) is 42.0 Å². The molecule has 0 aliphatic carbocycles. The Morgan fingerprint density at radius 2 is 2.04 bits per heavy atom. The van der Waals surface area contributed by atoms with Crippen molar-refractivity contribution in [2.75, 3.05) is 27.2 Å². The fourth-order valence-electron chi connectivity index (χ4n) is 2.78. The highest BCUT2D eigenvalue weighted by molar-refractivity contribution is 5.83. The SMILES string of the molecule is C[C@H]1CC=C(c2cccc(OC[C@@H](C)N(C)C)c2)N(C(=O)OC(C)(C)C)C1. The minimum Gasteiger partial charge on any atom is -0.492 e. The molecule has 0 unspecified atom stereocenters. The molecular weight excluding hydrogens is 340 g/mol. The van der Waals surface area contributed by atoms with Gasteiger partial charge in [-0.05, 0) is 66.3 Å². The quantitative estimate of drug-likeness (QED) is 0.753. The van der Waals surface area contributed by atoms with Crippen LogP contribution in [0.4, 0.5) is 4.79 Å². The fourth-order valence-corrected chi connectivity index (χ4v) is 2.78. The molecule has 1 heterocycles. The third-order valence-electron chi connectivity index (χ3n) is 4.62. The summed E-state index contributed by atoms with van der Waals surface area (Å²) in [5, 5.41) is 0. The molecule has 0 fully saturated rings. The second kappa shape index (κ2) is 8.79. The number of allylic oxidation sites excluding steroid dienone is 1. The van der Waals surface area contributed by atoms with Gasteiger partial charge in [-0.2, -0.15) is 0 Å². The molecule has 1 amide bonds. The Morgan fingerprint density at radius 3 is 2.67 bits per heavy atom. The van der Waals surface area contributed by atoms with Crippen LogP contribution >= 0.6 is 0 Å². The maximum Gasteiger partial charge on any atom is 0.414 e. The van der Waals surface area contributed by atoms with E-state index in [9.17, 15) is 4.79 Å². The Balaban J connectivity index is 2.20. The molecular formula is C22H34N2O3. The second-order valence-corrected chi connectivity index (χ2v) is 8.67. The number of benzene rings is 1. The molecule has 27 heavy (non-hydrogen) atoms. The van der Waals surface area contributed by atoms with Crippen molar-refractivity contribution in [2.45, 2.75) is 52.7 Å². The first kappa shape index (κ1) is 21.3. The predicted molar refractivity (Wildman–Crippen MR) is 110 cm³/mol. The summed E-state index contributed by atoms with van der Waals surface area (Å²) in [6.07, 6.45) is 2.77. The maximum absolute atomic E-state index is 12.7. The maximum atomic E-state index is 12.7. The summed E-state index contributed by atoms with van der Waals surface area (Å²) in [5.74, 6) is 1.21. The number of rotatable bonds is 5. The molecule has 0 aromatic heterocycles. The van der Waals surface area contributed by atoms with Gasteiger partial charge < -0.3 is 14.4 Å². The number of likely N-dealkylation sites (N-methyl/N-ethyl adjacent to an activating group) is 1. The van der Waals surface area contributed by atoms with E-state index in [4.69, 9.17) is 9.47 Å². The molecule has 0 saturated heterocycles. The van der Waals surface area contributed by atoms with Crippen molar-refractivity contribution < 1.29 is 14.3 Å². The summed E-state index contributed by atoms with van der Waals surface area (Å²) < 4.78 is 11.6. The van der Waals surface area contributed by atoms with Gasteiger partial charge in [0.25, 0.3) is 0 Å². The zero-order chi connectivity index (χ0) is 20.2. The average Bonchev–Trinajstić information content (AvgIpc) is 2.58. The smallest absolute Gasteiger partial charge is 0.414 e. The van der Waals surface area contributed by atoms with E-state index in [0.717, 1.165) is 23.4 Å². The summed E-state index contributed by atoms with van der Waals surface area (Å²) >= 11 is 0. The number of carbonyl (C=O) groups excluding carboxylic acids is 1. The Bertz CT molecular complexity index is 676. The third kappa shape index (κ3) is 6.28. The number of amides is 1. The van der Waals surface area contributed by atoms with Crippen LogP contribution < -0.4 is 4.74 Å². The summed E-state index contributed by atoms with van der Waals surface area (Å²) in [7, 11) is 4.08. The van der Waals surface area contributed by atoms with Crippen molar-refractivity contribution in [1.82, 2.24) is 9.80 Å². The van der Waals surface area contributed by atoms with Crippen molar-refractivity contribution in [3.8, 4) is 5.75 Å². The molecule has 1 aliphatic rings. The second-order valence-electron chi connectivity index (χ2n) is 8.67. The Kier molecular flexibility index (Phi) is 6.93. The van der Waals surface area contributed by atoms with Crippen LogP contribution in [0.3, 0.4) is 0 Å². The highest BCUT2D eigenvalue weighted by Gasteiger charge is 2.29. The van der Waals surface area contributed by atoms with Gasteiger partial charge in [-0.1, -0.05) is 25.1 Å². The number of hydrogen-bond acceptors (Lipinski definition) is 4. The van der Waals surface area contributed by atoms with Crippen molar-refractivity contribution >= 4 is 11.8 Å². The summed E-state index contributed by atoms with van der Waals surface area (Å²) in [4.78, 5) is 16.6. The Labute approximate surface area is 163 Å². The van der Waals surface area contributed by atoms with Crippen molar-refractivity contribution in [3.05, 3.63) is 35.9 Å². The Morgan fingerprint density at radius 1 is 1.33 bits per heavy atom. The first-order valence-corrected chi connectivity index (χ1v) is 9.67. The third-order valence-corrected chi connectivity index (χ3v) is 4.62. The van der Waals surface area contributed by atoms with Crippen molar-refractivity contribution in [1.29, 1.82) is 0 Å². The highest BCUT2D eigenvalue weighted by Crippen LogP contribution is 2.31. The minimum absolute atomic E-state index is 0.298. The zero-order valence-corrected chi connectivity index (χ0v) is 17.8. The number of carbonyl (C=O) groups is 1. The normalized spacial score (nSPS) is 18.9. The number of nitrogens with zero attached hydrogens (tertiary/aromatic N) is 2. The molecule has 1 aliphatic heterocycles. The van der Waals surface area contributed by atoms with Gasteiger partial charge in [0, 0.05) is 18.2 Å². The number of ether oxygens (including phenoxy) is 2. The highest BCUT2D eigenvalue weighted by atomic mass is 16.6. The van der Waals surface area contributed by atoms with Crippen LogP contribution in [0.2, 0.25) is 0 Å². The molecule has 5 heteroatoms. The predicted octanol–water partition coefficient (Wildman–Crippen LogP) is 4.63. The van der Waals surface area contributed by atoms with E-state index in [2.05, 4.69) is 24.8 Å². The van der Waals surface area contributed by atoms with Gasteiger partial charge in [-0.25, -0.2) is 4.79 Å². The van der Waals surface area contributed by atoms with Gasteiger partial charge in [0.1, 0.15) is 18.0 Å². The molecule has 0 bridgehead atoms. The van der Waals surface area contributed by atoms with Crippen LogP contribution in [0.15, 0.2) is 30.3 Å². The lowest BCUT2D eigenvalue weighted by atomic mass is 9.98. The van der Waals surface area contributed by atoms with Gasteiger partial charge >= 0.3 is 6.09 Å². The summed E-state index contributed by atoms with van der Waals surface area (Å²) in [6.45, 7) is 11.2. The van der Waals surface area contributed by atoms with Crippen LogP contribution in [-0.2, 0) is 4.74 Å². The molecule has 5 nitrogen and oxygen atoms in total. The van der Waals surface area contributed by atoms with Crippen LogP contribution in [-0.4, -0.2) is 54.8 Å². The molecule has 2 rings (SSSR count). The van der Waals surface area contributed by atoms with E-state index in [1.54, 1.807) is 4.90 Å². The number of hydrogen-bond donors (Lipinski definition) is 0. The van der Waals surface area contributed by atoms with Crippen molar-refractivity contribution in [2.24, 2.45) is 5.92 Å². The standard InChI is InChI=1S/C22H34N2O3/c1-16-11-12-20(24(14-16)21(25)27-22(3,4)5)18-9-8-10-19(13-18)26-15-17(2)23(6)7/h8-10,12-13,16-17H,11,14-15H2,1-7H3/t16-,17+/m0/s1. The molecule has 2 atom stereocenters. The van der Waals surface area contributed by atoms with E-state index < -0.39 is 5.60 Å². The molecule has 0 radical (unpaired) electrons. The van der Waals surface area contributed by atoms with Gasteiger partial charge in [-0.3, -0.25) is 4.90 Å². The monoisotopic (exact) mass is 374 g/mol. The van der Waals surface area contributed by atoms with E-state index in [1.165, 1.54) is 0 Å². The lowest BCUT2D eigenvalue weighted by Gasteiger charge is -2.34. The lowest BCUT2D eigenvalue weighted by Crippen LogP contribution is -2.39. The molecule has 0 spiro atoms. The van der Waals surface area contributed by atoms with Gasteiger partial charge in [-0.15, -0.1) is 0 Å². The van der Waals surface area contributed by atoms with Gasteiger partial charge in [0.15, 0.2) is 0 Å². The van der Waals surface area contributed by atoms with E-state index in [0.29, 0.717) is 25.1 Å². The summed E-state index contributed by atoms with van der Waals surface area (Å²) in [5.41, 5.74) is 1.35. The molecule has 0 saturated carbocycles. The lowest BCUT2D eigenvalue weighted by molar-refractivity contribution is 0.0327. The van der Waals surface area contributed by atoms with E-state index in [1.807, 2.05) is 59.1 Å². The van der Waals surface area contributed by atoms with Crippen LogP contribution in [0.25, 0.3) is 5.70 Å². The van der Waals surface area contributed by atoms with Crippen LogP contribution in [0, 0.1) is 5.92 Å². The first-order chi connectivity index (χ1) is 12.6. The van der Waals surface area contributed by atoms with E-state index in [-0.39, 0.29) is 6.09 Å². The van der Waals surface area contributed by atoms with Crippen LogP contribution in [0.5, 0.6) is 5.75 Å². The van der Waals surface area contributed by atoms with Crippen molar-refractivity contribution in [3.63, 3.8) is 0 Å². The average molecular weight is 375 g/mol. The Hall–Kier alpha value is -2.01. The van der Waals surface area contributed by atoms with Gasteiger partial charge in [0.05, 0.1) is 5.70 Å². The van der Waals surface area contributed by atoms with E-state index >= 15 is 0 Å². The molecule has 1 aromatic carbocycles. The van der Waals surface area contributed by atoms with Gasteiger partial charge in [0.2, 0.25) is 0 Å². The molecule has 1 aromatic rings. The summed E-state index contributed by atoms with van der Waals surface area (Å²) in [6, 6.07) is 8.26. The first-order valence-electron chi connectivity index (χ1n) is 9.67. The zero-order valence-electron chi connectivity index (χ0n) is 17.8.